The largest absolute Gasteiger partial charge is 0.456 e. The molecule has 2 N–H and O–H groups in total. The molecule has 0 amide bonds. The van der Waals surface area contributed by atoms with Gasteiger partial charge in [0.05, 0.1) is 5.36 Å². The Hall–Kier alpha value is -3.16. The number of hydrogen-bond acceptors (Lipinski definition) is 5. The van der Waals surface area contributed by atoms with Crippen molar-refractivity contribution in [1.82, 2.24) is 0 Å². The fourth-order valence-corrected chi connectivity index (χ4v) is 4.75. The van der Waals surface area contributed by atoms with Crippen LogP contribution in [0.2, 0.25) is 0 Å². The monoisotopic (exact) mass is 478 g/mol. The molecule has 6 nitrogen and oxygen atoms in total. The van der Waals surface area contributed by atoms with Crippen molar-refractivity contribution in [3.05, 3.63) is 66.0 Å². The molecule has 178 valence electrons. The molecular weight excluding hydrogens is 448 g/mol. The van der Waals surface area contributed by atoms with E-state index < -0.39 is 10.1 Å². The van der Waals surface area contributed by atoms with Crippen LogP contribution in [0.3, 0.4) is 0 Å². The van der Waals surface area contributed by atoms with E-state index in [-0.39, 0.29) is 4.90 Å². The number of hydrogen-bond donors (Lipinski definition) is 2. The van der Waals surface area contributed by atoms with Crippen molar-refractivity contribution >= 4 is 26.8 Å². The van der Waals surface area contributed by atoms with Crippen LogP contribution in [0.5, 0.6) is 0 Å². The summed E-state index contributed by atoms with van der Waals surface area (Å²) in [5.41, 5.74) is 3.44. The van der Waals surface area contributed by atoms with Gasteiger partial charge in [0.25, 0.3) is 10.1 Å². The lowest BCUT2D eigenvalue weighted by Crippen LogP contribution is -2.06. The Morgan fingerprint density at radius 3 is 2.50 bits per heavy atom. The number of nitrogens with one attached hydrogen (secondary N) is 1. The first-order valence-electron chi connectivity index (χ1n) is 11.7. The van der Waals surface area contributed by atoms with Crippen molar-refractivity contribution in [2.24, 2.45) is 4.99 Å². The van der Waals surface area contributed by atoms with Gasteiger partial charge >= 0.3 is 0 Å². The average Bonchev–Trinajstić information content (AvgIpc) is 2.82. The summed E-state index contributed by atoms with van der Waals surface area (Å²) in [5.74, 6) is 0.607. The zero-order chi connectivity index (χ0) is 24.1. The molecule has 2 aromatic carbocycles. The Labute approximate surface area is 200 Å². The Balaban J connectivity index is 1.99. The summed E-state index contributed by atoms with van der Waals surface area (Å²) in [4.78, 5) is 4.51. The van der Waals surface area contributed by atoms with Gasteiger partial charge in [-0.15, -0.1) is 0 Å². The molecule has 0 saturated heterocycles. The van der Waals surface area contributed by atoms with Crippen LogP contribution >= 0.6 is 0 Å². The second-order valence-electron chi connectivity index (χ2n) is 8.36. The van der Waals surface area contributed by atoms with E-state index in [1.54, 1.807) is 18.2 Å². The van der Waals surface area contributed by atoms with Crippen molar-refractivity contribution in [3.63, 3.8) is 0 Å². The molecule has 0 bridgehead atoms. The number of nitrogens with zero attached hydrogens (tertiary/aromatic N) is 1. The Bertz CT molecular complexity index is 1440. The zero-order valence-corrected chi connectivity index (χ0v) is 20.4. The minimum Gasteiger partial charge on any atom is -0.456 e. The second-order valence-corrected chi connectivity index (χ2v) is 9.75. The molecule has 1 aliphatic heterocycles. The fourth-order valence-electron chi connectivity index (χ4n) is 4.05. The lowest BCUT2D eigenvalue weighted by Gasteiger charge is -2.18. The van der Waals surface area contributed by atoms with Gasteiger partial charge in [0.1, 0.15) is 16.2 Å². The maximum atomic E-state index is 12.2. The van der Waals surface area contributed by atoms with E-state index in [9.17, 15) is 13.0 Å². The van der Waals surface area contributed by atoms with Crippen molar-refractivity contribution in [1.29, 1.82) is 0 Å². The third kappa shape index (κ3) is 5.16. The van der Waals surface area contributed by atoms with E-state index in [0.29, 0.717) is 22.5 Å². The molecule has 0 atom stereocenters. The van der Waals surface area contributed by atoms with E-state index >= 15 is 0 Å². The molecule has 34 heavy (non-hydrogen) atoms. The predicted molar refractivity (Wildman–Crippen MR) is 137 cm³/mol. The quantitative estimate of drug-likeness (QED) is 0.166. The van der Waals surface area contributed by atoms with Crippen LogP contribution < -0.4 is 10.7 Å². The molecule has 7 heteroatoms. The van der Waals surface area contributed by atoms with Gasteiger partial charge in [0.2, 0.25) is 0 Å². The number of anilines is 1. The van der Waals surface area contributed by atoms with E-state index in [4.69, 9.17) is 4.42 Å². The first-order valence-corrected chi connectivity index (χ1v) is 13.2. The summed E-state index contributed by atoms with van der Waals surface area (Å²) < 4.78 is 40.7. The highest BCUT2D eigenvalue weighted by atomic mass is 32.2. The molecule has 1 heterocycles. The molecule has 0 fully saturated rings. The summed E-state index contributed by atoms with van der Waals surface area (Å²) in [5, 5.41) is 4.99. The maximum absolute atomic E-state index is 12.2. The van der Waals surface area contributed by atoms with Crippen LogP contribution in [-0.2, 0) is 10.1 Å². The Kier molecular flexibility index (Phi) is 7.34. The van der Waals surface area contributed by atoms with Gasteiger partial charge in [-0.05, 0) is 43.2 Å². The van der Waals surface area contributed by atoms with E-state index in [0.717, 1.165) is 60.8 Å². The normalized spacial score (nSPS) is 12.5. The maximum Gasteiger partial charge on any atom is 0.295 e. The zero-order valence-electron chi connectivity index (χ0n) is 19.5. The van der Waals surface area contributed by atoms with Gasteiger partial charge in [0, 0.05) is 53.0 Å². The molecule has 4 rings (SSSR count). The van der Waals surface area contributed by atoms with Crippen LogP contribution in [0.15, 0.2) is 75.0 Å². The lowest BCUT2D eigenvalue weighted by atomic mass is 9.93. The van der Waals surface area contributed by atoms with Gasteiger partial charge < -0.3 is 9.73 Å². The third-order valence-electron chi connectivity index (χ3n) is 5.81. The topological polar surface area (TPSA) is 91.9 Å². The molecule has 0 unspecified atom stereocenters. The third-order valence-corrected chi connectivity index (χ3v) is 6.72. The van der Waals surface area contributed by atoms with Crippen molar-refractivity contribution < 1.29 is 17.4 Å². The molecule has 0 radical (unpaired) electrons. The summed E-state index contributed by atoms with van der Waals surface area (Å²) in [7, 11) is -4.43. The molecule has 2 aromatic rings. The first kappa shape index (κ1) is 24.0. The Morgan fingerprint density at radius 1 is 0.941 bits per heavy atom. The average molecular weight is 479 g/mol. The van der Waals surface area contributed by atoms with Crippen molar-refractivity contribution in [2.45, 2.75) is 44.4 Å². The van der Waals surface area contributed by atoms with E-state index in [1.165, 1.54) is 6.07 Å². The van der Waals surface area contributed by atoms with Gasteiger partial charge in [-0.25, -0.2) is 0 Å². The highest BCUT2D eigenvalue weighted by Gasteiger charge is 2.23. The van der Waals surface area contributed by atoms with E-state index in [2.05, 4.69) is 24.2 Å². The fraction of sp³-hybridized carbons (Fsp3) is 0.296. The second kappa shape index (κ2) is 10.4. The number of rotatable bonds is 9. The molecule has 0 aromatic heterocycles. The summed E-state index contributed by atoms with van der Waals surface area (Å²) >= 11 is 0. The smallest absolute Gasteiger partial charge is 0.295 e. The van der Waals surface area contributed by atoms with Crippen LogP contribution in [-0.4, -0.2) is 26.1 Å². The summed E-state index contributed by atoms with van der Waals surface area (Å²) in [6, 6.07) is 18.0. The highest BCUT2D eigenvalue weighted by molar-refractivity contribution is 7.86. The van der Waals surface area contributed by atoms with Crippen molar-refractivity contribution in [3.8, 4) is 22.5 Å². The van der Waals surface area contributed by atoms with Crippen LogP contribution in [0, 0.1) is 0 Å². The molecule has 2 aliphatic rings. The number of unbranched alkanes of at least 4 members (excludes halogenated alkanes) is 2. The van der Waals surface area contributed by atoms with Gasteiger partial charge in [-0.1, -0.05) is 44.9 Å². The molecule has 0 spiro atoms. The molecule has 1 aliphatic carbocycles. The number of benzene rings is 3. The number of fused-ring (bicyclic) bond motifs is 2. The first-order chi connectivity index (χ1) is 16.4. The standard InChI is InChI=1S/C27H30N2O4S/c1-3-5-15-28-19-11-13-21-24(17-19)33-25-18-20(29-16-6-4-2)12-14-22(25)27(21)23-9-7-8-10-26(23)34(30,31)32/h7-14,17-18,28H,3-6,15-16H2,1-2H3,(H,30,31,32)/b29-20-. The molecule has 0 saturated carbocycles. The van der Waals surface area contributed by atoms with Gasteiger partial charge in [0.15, 0.2) is 0 Å². The van der Waals surface area contributed by atoms with Crippen LogP contribution in [0.25, 0.3) is 33.4 Å². The van der Waals surface area contributed by atoms with Gasteiger partial charge in [-0.3, -0.25) is 9.55 Å². The molecular formula is C27H30N2O4S. The minimum absolute atomic E-state index is 0.134. The lowest BCUT2D eigenvalue weighted by molar-refractivity contribution is 0.483. The van der Waals surface area contributed by atoms with Gasteiger partial charge in [-0.2, -0.15) is 8.42 Å². The predicted octanol–water partition coefficient (Wildman–Crippen LogP) is 6.36. The minimum atomic E-state index is -4.43. The van der Waals surface area contributed by atoms with E-state index in [1.807, 2.05) is 36.4 Å². The van der Waals surface area contributed by atoms with Crippen LogP contribution in [0.4, 0.5) is 5.69 Å². The summed E-state index contributed by atoms with van der Waals surface area (Å²) in [6.07, 6.45) is 4.22. The van der Waals surface area contributed by atoms with Crippen molar-refractivity contribution in [2.75, 3.05) is 18.4 Å². The SMILES string of the molecule is CCCC/N=c1/ccc2c(-c3ccccc3S(=O)(=O)O)c3ccc(NCCCC)cc3oc-2c1. The Morgan fingerprint density at radius 2 is 1.74 bits per heavy atom. The highest BCUT2D eigenvalue weighted by Crippen LogP contribution is 2.42. The summed E-state index contributed by atoms with van der Waals surface area (Å²) in [6.45, 7) is 5.86. The van der Waals surface area contributed by atoms with Crippen LogP contribution in [0.1, 0.15) is 39.5 Å².